The fraction of sp³-hybridized carbons (Fsp3) is 0.643. The molecule has 2 rings (SSSR count). The minimum absolute atomic E-state index is 0.700. The van der Waals surface area contributed by atoms with Gasteiger partial charge in [-0.3, -0.25) is 4.40 Å². The second kappa shape index (κ2) is 6.50. The van der Waals surface area contributed by atoms with Crippen LogP contribution in [0.25, 0.3) is 5.65 Å². The first kappa shape index (κ1) is 13.8. The largest absolute Gasteiger partial charge is 0.367 e. The molecule has 0 bridgehead atoms. The molecular weight excluding hydrogens is 238 g/mol. The molecular formula is C14H23N5. The van der Waals surface area contributed by atoms with E-state index >= 15 is 0 Å². The third-order valence-electron chi connectivity index (χ3n) is 3.60. The Morgan fingerprint density at radius 3 is 2.89 bits per heavy atom. The highest BCUT2D eigenvalue weighted by Crippen LogP contribution is 2.16. The molecule has 2 aromatic heterocycles. The SMILES string of the molecule is CCCCC(CC)CNc1nccn2c(C)nnc12. The highest BCUT2D eigenvalue weighted by molar-refractivity contribution is 5.61. The lowest BCUT2D eigenvalue weighted by atomic mass is 9.99. The summed E-state index contributed by atoms with van der Waals surface area (Å²) in [6.45, 7) is 7.38. The average molecular weight is 261 g/mol. The lowest BCUT2D eigenvalue weighted by Gasteiger charge is -2.15. The fourth-order valence-electron chi connectivity index (χ4n) is 2.25. The molecule has 0 saturated carbocycles. The summed E-state index contributed by atoms with van der Waals surface area (Å²) < 4.78 is 1.96. The van der Waals surface area contributed by atoms with Crippen molar-refractivity contribution in [2.45, 2.75) is 46.5 Å². The molecule has 104 valence electrons. The lowest BCUT2D eigenvalue weighted by molar-refractivity contribution is 0.472. The summed E-state index contributed by atoms with van der Waals surface area (Å²) in [6, 6.07) is 0. The van der Waals surface area contributed by atoms with E-state index in [9.17, 15) is 0 Å². The van der Waals surface area contributed by atoms with Gasteiger partial charge in [0, 0.05) is 18.9 Å². The van der Waals surface area contributed by atoms with E-state index in [1.54, 1.807) is 6.20 Å². The van der Waals surface area contributed by atoms with Crippen molar-refractivity contribution in [3.63, 3.8) is 0 Å². The Hall–Kier alpha value is -1.65. The van der Waals surface area contributed by atoms with Gasteiger partial charge in [0.05, 0.1) is 0 Å². The maximum Gasteiger partial charge on any atom is 0.203 e. The molecule has 0 aromatic carbocycles. The molecule has 0 saturated heterocycles. The van der Waals surface area contributed by atoms with Crippen molar-refractivity contribution >= 4 is 11.5 Å². The first-order chi connectivity index (χ1) is 9.26. The maximum atomic E-state index is 4.37. The van der Waals surface area contributed by atoms with Gasteiger partial charge in [0.2, 0.25) is 5.65 Å². The number of anilines is 1. The Morgan fingerprint density at radius 2 is 2.16 bits per heavy atom. The van der Waals surface area contributed by atoms with Gasteiger partial charge in [-0.1, -0.05) is 33.1 Å². The maximum absolute atomic E-state index is 4.37. The zero-order chi connectivity index (χ0) is 13.7. The number of aromatic nitrogens is 4. The predicted molar refractivity (Wildman–Crippen MR) is 77.3 cm³/mol. The second-order valence-electron chi connectivity index (χ2n) is 5.01. The minimum Gasteiger partial charge on any atom is -0.367 e. The zero-order valence-corrected chi connectivity index (χ0v) is 12.1. The van der Waals surface area contributed by atoms with Crippen molar-refractivity contribution in [2.75, 3.05) is 11.9 Å². The average Bonchev–Trinajstić information content (AvgIpc) is 2.82. The molecule has 19 heavy (non-hydrogen) atoms. The molecule has 5 heteroatoms. The van der Waals surface area contributed by atoms with Crippen LogP contribution in [-0.4, -0.2) is 26.1 Å². The van der Waals surface area contributed by atoms with Crippen molar-refractivity contribution in [1.29, 1.82) is 0 Å². The summed E-state index contributed by atoms with van der Waals surface area (Å²) in [5.41, 5.74) is 0.811. The van der Waals surface area contributed by atoms with Crippen molar-refractivity contribution in [3.8, 4) is 0 Å². The third kappa shape index (κ3) is 3.22. The molecule has 5 nitrogen and oxygen atoms in total. The number of hydrogen-bond donors (Lipinski definition) is 1. The van der Waals surface area contributed by atoms with Gasteiger partial charge >= 0.3 is 0 Å². The molecule has 0 radical (unpaired) electrons. The van der Waals surface area contributed by atoms with Crippen LogP contribution in [-0.2, 0) is 0 Å². The van der Waals surface area contributed by atoms with E-state index < -0.39 is 0 Å². The Labute approximate surface area is 114 Å². The van der Waals surface area contributed by atoms with Crippen LogP contribution in [0.2, 0.25) is 0 Å². The monoisotopic (exact) mass is 261 g/mol. The normalized spacial score (nSPS) is 12.8. The first-order valence-corrected chi connectivity index (χ1v) is 7.16. The molecule has 2 heterocycles. The van der Waals surface area contributed by atoms with Crippen LogP contribution in [0.4, 0.5) is 5.82 Å². The summed E-state index contributed by atoms with van der Waals surface area (Å²) in [6.07, 6.45) is 8.70. The van der Waals surface area contributed by atoms with E-state index in [1.807, 2.05) is 17.5 Å². The highest BCUT2D eigenvalue weighted by Gasteiger charge is 2.10. The Morgan fingerprint density at radius 1 is 1.32 bits per heavy atom. The fourth-order valence-corrected chi connectivity index (χ4v) is 2.25. The number of rotatable bonds is 7. The van der Waals surface area contributed by atoms with Crippen LogP contribution < -0.4 is 5.32 Å². The van der Waals surface area contributed by atoms with Gasteiger partial charge in [0.15, 0.2) is 5.82 Å². The van der Waals surface area contributed by atoms with Gasteiger partial charge in [-0.2, -0.15) is 0 Å². The summed E-state index contributed by atoms with van der Waals surface area (Å²) in [5.74, 6) is 2.42. The second-order valence-corrected chi connectivity index (χ2v) is 5.01. The third-order valence-corrected chi connectivity index (χ3v) is 3.60. The topological polar surface area (TPSA) is 55.1 Å². The van der Waals surface area contributed by atoms with Crippen LogP contribution in [0.1, 0.15) is 45.4 Å². The van der Waals surface area contributed by atoms with Gasteiger partial charge < -0.3 is 5.32 Å². The van der Waals surface area contributed by atoms with Gasteiger partial charge in [-0.25, -0.2) is 4.98 Å². The predicted octanol–water partition coefficient (Wildman–Crippen LogP) is 3.06. The number of hydrogen-bond acceptors (Lipinski definition) is 4. The van der Waals surface area contributed by atoms with Crippen molar-refractivity contribution < 1.29 is 0 Å². The van der Waals surface area contributed by atoms with Gasteiger partial charge in [-0.15, -0.1) is 10.2 Å². The minimum atomic E-state index is 0.700. The number of unbranched alkanes of at least 4 members (excludes halogenated alkanes) is 1. The molecule has 1 N–H and O–H groups in total. The van der Waals surface area contributed by atoms with E-state index in [-0.39, 0.29) is 0 Å². The van der Waals surface area contributed by atoms with E-state index in [1.165, 1.54) is 25.7 Å². The molecule has 2 aromatic rings. The van der Waals surface area contributed by atoms with E-state index in [0.29, 0.717) is 5.92 Å². The zero-order valence-electron chi connectivity index (χ0n) is 12.1. The van der Waals surface area contributed by atoms with Crippen LogP contribution in [0.15, 0.2) is 12.4 Å². The van der Waals surface area contributed by atoms with E-state index in [2.05, 4.69) is 34.3 Å². The molecule has 0 aliphatic heterocycles. The highest BCUT2D eigenvalue weighted by atomic mass is 15.3. The van der Waals surface area contributed by atoms with Crippen molar-refractivity contribution in [2.24, 2.45) is 5.92 Å². The van der Waals surface area contributed by atoms with E-state index in [0.717, 1.165) is 23.8 Å². The van der Waals surface area contributed by atoms with Crippen molar-refractivity contribution in [1.82, 2.24) is 19.6 Å². The molecule has 0 fully saturated rings. The van der Waals surface area contributed by atoms with Crippen LogP contribution in [0.3, 0.4) is 0 Å². The van der Waals surface area contributed by atoms with Crippen LogP contribution in [0, 0.1) is 12.8 Å². The Bertz CT molecular complexity index is 520. The number of fused-ring (bicyclic) bond motifs is 1. The summed E-state index contributed by atoms with van der Waals surface area (Å²) in [7, 11) is 0. The molecule has 0 aliphatic carbocycles. The Kier molecular flexibility index (Phi) is 4.71. The molecule has 0 spiro atoms. The van der Waals surface area contributed by atoms with Gasteiger partial charge in [0.1, 0.15) is 5.82 Å². The first-order valence-electron chi connectivity index (χ1n) is 7.16. The summed E-state index contributed by atoms with van der Waals surface area (Å²) in [5, 5.41) is 11.7. The number of nitrogens with zero attached hydrogens (tertiary/aromatic N) is 4. The number of aryl methyl sites for hydroxylation is 1. The summed E-state index contributed by atoms with van der Waals surface area (Å²) >= 11 is 0. The van der Waals surface area contributed by atoms with Gasteiger partial charge in [0.25, 0.3) is 0 Å². The lowest BCUT2D eigenvalue weighted by Crippen LogP contribution is -2.15. The van der Waals surface area contributed by atoms with Gasteiger partial charge in [-0.05, 0) is 19.3 Å². The molecule has 0 aliphatic rings. The number of nitrogens with one attached hydrogen (secondary N) is 1. The smallest absolute Gasteiger partial charge is 0.203 e. The molecule has 1 unspecified atom stereocenters. The van der Waals surface area contributed by atoms with Crippen LogP contribution >= 0.6 is 0 Å². The molecule has 0 amide bonds. The Balaban J connectivity index is 2.04. The summed E-state index contributed by atoms with van der Waals surface area (Å²) in [4.78, 5) is 4.37. The quantitative estimate of drug-likeness (QED) is 0.832. The van der Waals surface area contributed by atoms with Crippen molar-refractivity contribution in [3.05, 3.63) is 18.2 Å². The van der Waals surface area contributed by atoms with Crippen LogP contribution in [0.5, 0.6) is 0 Å². The molecule has 1 atom stereocenters. The van der Waals surface area contributed by atoms with E-state index in [4.69, 9.17) is 0 Å². The standard InChI is InChI=1S/C14H23N5/c1-4-6-7-12(5-2)10-16-13-14-18-17-11(3)19(14)9-8-15-13/h8-9,12H,4-7,10H2,1-3H3,(H,15,16).